The average molecular weight is 292 g/mol. The molecule has 2 heterocycles. The molecule has 2 aromatic heterocycles. The predicted molar refractivity (Wildman–Crippen MR) is 83.6 cm³/mol. The number of fused-ring (bicyclic) bond motifs is 1. The first-order chi connectivity index (χ1) is 10.8. The number of aryl methyl sites for hydroxylation is 1. The van der Waals surface area contributed by atoms with Crippen molar-refractivity contribution in [1.82, 2.24) is 14.5 Å². The van der Waals surface area contributed by atoms with E-state index in [-0.39, 0.29) is 0 Å². The normalized spacial score (nSPS) is 10.5. The maximum atomic E-state index is 9.17. The van der Waals surface area contributed by atoms with E-state index in [0.717, 1.165) is 28.9 Å². The molecule has 0 bridgehead atoms. The van der Waals surface area contributed by atoms with E-state index in [1.807, 2.05) is 24.4 Å². The highest BCUT2D eigenvalue weighted by Crippen LogP contribution is 2.25. The number of hydrogen-bond acceptors (Lipinski definition) is 4. The predicted octanol–water partition coefficient (Wildman–Crippen LogP) is 2.94. The number of benzene rings is 1. The molecule has 0 aliphatic heterocycles. The van der Waals surface area contributed by atoms with Gasteiger partial charge in [-0.25, -0.2) is 0 Å². The second-order valence-electron chi connectivity index (χ2n) is 4.91. The number of nitriles is 1. The summed E-state index contributed by atoms with van der Waals surface area (Å²) >= 11 is 0. The molecule has 0 radical (unpaired) electrons. The van der Waals surface area contributed by atoms with Crippen LogP contribution < -0.4 is 4.74 Å². The van der Waals surface area contributed by atoms with Crippen molar-refractivity contribution in [3.8, 4) is 11.8 Å². The number of aromatic nitrogens is 3. The number of hydrogen-bond donors (Lipinski definition) is 0. The van der Waals surface area contributed by atoms with Gasteiger partial charge in [-0.05, 0) is 19.1 Å². The summed E-state index contributed by atoms with van der Waals surface area (Å²) in [5, 5.41) is 10.1. The molecule has 3 rings (SSSR count). The van der Waals surface area contributed by atoms with Crippen molar-refractivity contribution in [2.45, 2.75) is 19.9 Å². The Morgan fingerprint density at radius 3 is 2.95 bits per heavy atom. The molecule has 5 nitrogen and oxygen atoms in total. The standard InChI is InChI=1S/C17H16N4O/c1-2-21-12-13(10-18)16-4-3-15(9-17(16)21)22-8-5-14-11-19-6-7-20-14/h3-4,6-7,9,11-12H,2,5,8H2,1H3. The fourth-order valence-corrected chi connectivity index (χ4v) is 2.44. The molecule has 0 fully saturated rings. The Hall–Kier alpha value is -2.87. The molecule has 110 valence electrons. The lowest BCUT2D eigenvalue weighted by Gasteiger charge is -2.07. The van der Waals surface area contributed by atoms with Gasteiger partial charge in [0.1, 0.15) is 11.8 Å². The second-order valence-corrected chi connectivity index (χ2v) is 4.91. The van der Waals surface area contributed by atoms with Crippen LogP contribution in [-0.4, -0.2) is 21.1 Å². The van der Waals surface area contributed by atoms with Gasteiger partial charge in [-0.1, -0.05) is 0 Å². The highest BCUT2D eigenvalue weighted by molar-refractivity contribution is 5.87. The summed E-state index contributed by atoms with van der Waals surface area (Å²) in [5.41, 5.74) is 2.63. The third-order valence-corrected chi connectivity index (χ3v) is 3.56. The molecule has 3 aromatic rings. The third kappa shape index (κ3) is 2.77. The molecule has 22 heavy (non-hydrogen) atoms. The van der Waals surface area contributed by atoms with Crippen molar-refractivity contribution >= 4 is 10.9 Å². The van der Waals surface area contributed by atoms with E-state index >= 15 is 0 Å². The van der Waals surface area contributed by atoms with Crippen LogP contribution in [0.5, 0.6) is 5.75 Å². The molecule has 1 aromatic carbocycles. The van der Waals surface area contributed by atoms with Crippen molar-refractivity contribution in [3.63, 3.8) is 0 Å². The first kappa shape index (κ1) is 14.1. The summed E-state index contributed by atoms with van der Waals surface area (Å²) in [6.45, 7) is 3.42. The van der Waals surface area contributed by atoms with Gasteiger partial charge < -0.3 is 9.30 Å². The van der Waals surface area contributed by atoms with E-state index in [1.165, 1.54) is 0 Å². The van der Waals surface area contributed by atoms with Gasteiger partial charge in [-0.15, -0.1) is 0 Å². The first-order valence-corrected chi connectivity index (χ1v) is 7.22. The van der Waals surface area contributed by atoms with Crippen LogP contribution in [0.3, 0.4) is 0 Å². The van der Waals surface area contributed by atoms with Gasteiger partial charge in [-0.2, -0.15) is 5.26 Å². The minimum Gasteiger partial charge on any atom is -0.493 e. The number of nitrogens with zero attached hydrogens (tertiary/aromatic N) is 4. The van der Waals surface area contributed by atoms with Crippen LogP contribution in [0.25, 0.3) is 10.9 Å². The first-order valence-electron chi connectivity index (χ1n) is 7.22. The van der Waals surface area contributed by atoms with Gasteiger partial charge in [0.05, 0.1) is 23.4 Å². The minimum absolute atomic E-state index is 0.544. The second kappa shape index (κ2) is 6.27. The topological polar surface area (TPSA) is 63.7 Å². The lowest BCUT2D eigenvalue weighted by atomic mass is 10.2. The van der Waals surface area contributed by atoms with Crippen molar-refractivity contribution in [2.24, 2.45) is 0 Å². The molecule has 0 spiro atoms. The number of rotatable bonds is 5. The van der Waals surface area contributed by atoms with Crippen LogP contribution in [0, 0.1) is 11.3 Å². The van der Waals surface area contributed by atoms with E-state index < -0.39 is 0 Å². The van der Waals surface area contributed by atoms with Crippen LogP contribution in [-0.2, 0) is 13.0 Å². The number of ether oxygens (including phenoxy) is 1. The van der Waals surface area contributed by atoms with E-state index in [9.17, 15) is 5.26 Å². The van der Waals surface area contributed by atoms with E-state index in [1.54, 1.807) is 18.6 Å². The maximum Gasteiger partial charge on any atom is 0.121 e. The van der Waals surface area contributed by atoms with E-state index in [0.29, 0.717) is 18.6 Å². The molecule has 0 aliphatic rings. The van der Waals surface area contributed by atoms with Gasteiger partial charge in [0.2, 0.25) is 0 Å². The fraction of sp³-hybridized carbons (Fsp3) is 0.235. The lowest BCUT2D eigenvalue weighted by molar-refractivity contribution is 0.320. The average Bonchev–Trinajstić information content (AvgIpc) is 2.93. The Bertz CT molecular complexity index is 818. The zero-order valence-corrected chi connectivity index (χ0v) is 12.4. The SMILES string of the molecule is CCn1cc(C#N)c2ccc(OCCc3cnccn3)cc21. The monoisotopic (exact) mass is 292 g/mol. The van der Waals surface area contributed by atoms with Gasteiger partial charge in [-0.3, -0.25) is 9.97 Å². The van der Waals surface area contributed by atoms with E-state index in [4.69, 9.17) is 4.74 Å². The Labute approximate surface area is 128 Å². The van der Waals surface area contributed by atoms with Crippen molar-refractivity contribution in [3.05, 3.63) is 54.2 Å². The molecule has 0 amide bonds. The quantitative estimate of drug-likeness (QED) is 0.725. The van der Waals surface area contributed by atoms with Crippen molar-refractivity contribution in [1.29, 1.82) is 5.26 Å². The van der Waals surface area contributed by atoms with Gasteiger partial charge >= 0.3 is 0 Å². The van der Waals surface area contributed by atoms with Crippen LogP contribution in [0.15, 0.2) is 43.0 Å². The Morgan fingerprint density at radius 2 is 2.23 bits per heavy atom. The maximum absolute atomic E-state index is 9.17. The van der Waals surface area contributed by atoms with Gasteiger partial charge in [0.15, 0.2) is 0 Å². The van der Waals surface area contributed by atoms with Crippen molar-refractivity contribution in [2.75, 3.05) is 6.61 Å². The van der Waals surface area contributed by atoms with Gasteiger partial charge in [0, 0.05) is 49.2 Å². The molecule has 0 aliphatic carbocycles. The summed E-state index contributed by atoms with van der Waals surface area (Å²) in [4.78, 5) is 8.25. The van der Waals surface area contributed by atoms with Crippen LogP contribution in [0.1, 0.15) is 18.2 Å². The highest BCUT2D eigenvalue weighted by atomic mass is 16.5. The van der Waals surface area contributed by atoms with Crippen molar-refractivity contribution < 1.29 is 4.74 Å². The highest BCUT2D eigenvalue weighted by Gasteiger charge is 2.08. The lowest BCUT2D eigenvalue weighted by Crippen LogP contribution is -2.03. The molecular formula is C17H16N4O. The molecule has 0 unspecified atom stereocenters. The molecular weight excluding hydrogens is 276 g/mol. The van der Waals surface area contributed by atoms with Crippen LogP contribution >= 0.6 is 0 Å². The summed E-state index contributed by atoms with van der Waals surface area (Å²) in [7, 11) is 0. The summed E-state index contributed by atoms with van der Waals surface area (Å²) in [6.07, 6.45) is 7.68. The minimum atomic E-state index is 0.544. The molecule has 0 saturated carbocycles. The summed E-state index contributed by atoms with van der Waals surface area (Å²) < 4.78 is 7.86. The Balaban J connectivity index is 1.76. The molecule has 0 atom stereocenters. The molecule has 5 heteroatoms. The zero-order chi connectivity index (χ0) is 15.4. The molecule has 0 saturated heterocycles. The summed E-state index contributed by atoms with van der Waals surface area (Å²) in [6, 6.07) is 8.06. The largest absolute Gasteiger partial charge is 0.493 e. The Morgan fingerprint density at radius 1 is 1.32 bits per heavy atom. The van der Waals surface area contributed by atoms with Gasteiger partial charge in [0.25, 0.3) is 0 Å². The van der Waals surface area contributed by atoms with Crippen LogP contribution in [0.4, 0.5) is 0 Å². The zero-order valence-electron chi connectivity index (χ0n) is 12.4. The molecule has 0 N–H and O–H groups in total. The fourth-order valence-electron chi connectivity index (χ4n) is 2.44. The summed E-state index contributed by atoms with van der Waals surface area (Å²) in [5.74, 6) is 0.800. The Kier molecular flexibility index (Phi) is 4.01. The van der Waals surface area contributed by atoms with Crippen LogP contribution in [0.2, 0.25) is 0 Å². The smallest absolute Gasteiger partial charge is 0.121 e. The third-order valence-electron chi connectivity index (χ3n) is 3.56. The van der Waals surface area contributed by atoms with E-state index in [2.05, 4.69) is 27.5 Å².